The van der Waals surface area contributed by atoms with Crippen molar-refractivity contribution in [2.45, 2.75) is 26.4 Å². The average molecular weight is 453 g/mol. The normalized spacial score (nSPS) is 12.0. The molecule has 0 bridgehead atoms. The Morgan fingerprint density at radius 2 is 1.94 bits per heavy atom. The SMILES string of the molecule is CC(=O)NC(C)c1ccc(-c2csc(NC(=O)Cn3ccc4ccc(Cl)cc43)n2)cc1. The molecular formula is C23H21ClN4O2S. The lowest BCUT2D eigenvalue weighted by molar-refractivity contribution is -0.119. The van der Waals surface area contributed by atoms with E-state index in [0.717, 1.165) is 27.7 Å². The van der Waals surface area contributed by atoms with E-state index in [2.05, 4.69) is 15.6 Å². The first-order valence-electron chi connectivity index (χ1n) is 9.76. The quantitative estimate of drug-likeness (QED) is 0.419. The van der Waals surface area contributed by atoms with E-state index < -0.39 is 0 Å². The number of carbonyl (C=O) groups excluding carboxylic acids is 2. The van der Waals surface area contributed by atoms with Gasteiger partial charge >= 0.3 is 0 Å². The predicted octanol–water partition coefficient (Wildman–Crippen LogP) is 5.25. The minimum atomic E-state index is -0.155. The number of thiazole rings is 1. The second-order valence-corrected chi connectivity index (χ2v) is 8.57. The van der Waals surface area contributed by atoms with Crippen molar-refractivity contribution >= 4 is 50.8 Å². The number of aromatic nitrogens is 2. The van der Waals surface area contributed by atoms with Crippen molar-refractivity contribution < 1.29 is 9.59 Å². The maximum absolute atomic E-state index is 12.5. The first-order valence-corrected chi connectivity index (χ1v) is 11.0. The third kappa shape index (κ3) is 4.95. The van der Waals surface area contributed by atoms with Crippen molar-refractivity contribution in [3.63, 3.8) is 0 Å². The molecule has 6 nitrogen and oxygen atoms in total. The van der Waals surface area contributed by atoms with Gasteiger partial charge in [0.2, 0.25) is 11.8 Å². The van der Waals surface area contributed by atoms with E-state index in [1.165, 1.54) is 18.3 Å². The van der Waals surface area contributed by atoms with Crippen molar-refractivity contribution in [3.8, 4) is 11.3 Å². The average Bonchev–Trinajstić information content (AvgIpc) is 3.35. The van der Waals surface area contributed by atoms with Gasteiger partial charge < -0.3 is 15.2 Å². The maximum Gasteiger partial charge on any atom is 0.246 e. The van der Waals surface area contributed by atoms with E-state index in [9.17, 15) is 9.59 Å². The van der Waals surface area contributed by atoms with Gasteiger partial charge in [-0.15, -0.1) is 11.3 Å². The second-order valence-electron chi connectivity index (χ2n) is 7.28. The molecule has 0 radical (unpaired) electrons. The summed E-state index contributed by atoms with van der Waals surface area (Å²) in [5.41, 5.74) is 3.66. The molecule has 2 N–H and O–H groups in total. The van der Waals surface area contributed by atoms with Crippen LogP contribution in [0, 0.1) is 0 Å². The number of nitrogens with zero attached hydrogens (tertiary/aromatic N) is 2. The zero-order valence-electron chi connectivity index (χ0n) is 17.1. The lowest BCUT2D eigenvalue weighted by atomic mass is 10.1. The highest BCUT2D eigenvalue weighted by Crippen LogP contribution is 2.26. The fourth-order valence-electron chi connectivity index (χ4n) is 3.40. The van der Waals surface area contributed by atoms with Crippen LogP contribution in [-0.4, -0.2) is 21.4 Å². The third-order valence-electron chi connectivity index (χ3n) is 4.93. The molecule has 0 spiro atoms. The van der Waals surface area contributed by atoms with Crippen LogP contribution < -0.4 is 10.6 Å². The molecular weight excluding hydrogens is 432 g/mol. The van der Waals surface area contributed by atoms with Gasteiger partial charge in [-0.1, -0.05) is 41.9 Å². The van der Waals surface area contributed by atoms with E-state index in [1.54, 1.807) is 0 Å². The van der Waals surface area contributed by atoms with Crippen molar-refractivity contribution in [1.29, 1.82) is 0 Å². The van der Waals surface area contributed by atoms with Crippen LogP contribution in [0.3, 0.4) is 0 Å². The molecule has 158 valence electrons. The molecule has 8 heteroatoms. The number of benzene rings is 2. The van der Waals surface area contributed by atoms with Crippen LogP contribution in [0.2, 0.25) is 5.02 Å². The number of fused-ring (bicyclic) bond motifs is 1. The number of hydrogen-bond acceptors (Lipinski definition) is 4. The molecule has 2 heterocycles. The van der Waals surface area contributed by atoms with E-state index in [0.29, 0.717) is 10.2 Å². The molecule has 1 atom stereocenters. The minimum Gasteiger partial charge on any atom is -0.350 e. The lowest BCUT2D eigenvalue weighted by Gasteiger charge is -2.13. The lowest BCUT2D eigenvalue weighted by Crippen LogP contribution is -2.23. The Bertz CT molecular complexity index is 1250. The molecule has 4 rings (SSSR count). The highest BCUT2D eigenvalue weighted by atomic mass is 35.5. The number of nitrogens with one attached hydrogen (secondary N) is 2. The largest absolute Gasteiger partial charge is 0.350 e. The molecule has 2 aromatic carbocycles. The van der Waals surface area contributed by atoms with Crippen LogP contribution in [0.25, 0.3) is 22.2 Å². The number of carbonyl (C=O) groups is 2. The van der Waals surface area contributed by atoms with Gasteiger partial charge in [-0.3, -0.25) is 9.59 Å². The van der Waals surface area contributed by atoms with Gasteiger partial charge in [0.25, 0.3) is 0 Å². The summed E-state index contributed by atoms with van der Waals surface area (Å²) in [6.45, 7) is 3.62. The first-order chi connectivity index (χ1) is 14.9. The molecule has 0 saturated heterocycles. The van der Waals surface area contributed by atoms with E-state index >= 15 is 0 Å². The molecule has 0 aliphatic rings. The molecule has 0 fully saturated rings. The Morgan fingerprint density at radius 1 is 1.16 bits per heavy atom. The summed E-state index contributed by atoms with van der Waals surface area (Å²) in [6.07, 6.45) is 1.87. The van der Waals surface area contributed by atoms with E-state index in [4.69, 9.17) is 11.6 Å². The summed E-state index contributed by atoms with van der Waals surface area (Å²) in [7, 11) is 0. The second kappa shape index (κ2) is 8.91. The Labute approximate surface area is 188 Å². The molecule has 0 aliphatic carbocycles. The molecule has 2 amide bonds. The molecule has 0 aliphatic heterocycles. The number of rotatable bonds is 6. The van der Waals surface area contributed by atoms with Crippen molar-refractivity contribution in [2.75, 3.05) is 5.32 Å². The fourth-order valence-corrected chi connectivity index (χ4v) is 4.31. The molecule has 1 unspecified atom stereocenters. The number of hydrogen-bond donors (Lipinski definition) is 2. The van der Waals surface area contributed by atoms with Gasteiger partial charge in [-0.2, -0.15) is 0 Å². The topological polar surface area (TPSA) is 76.0 Å². The summed E-state index contributed by atoms with van der Waals surface area (Å²) in [6, 6.07) is 15.4. The smallest absolute Gasteiger partial charge is 0.246 e. The summed E-state index contributed by atoms with van der Waals surface area (Å²) in [5.74, 6) is -0.217. The fraction of sp³-hybridized carbons (Fsp3) is 0.174. The van der Waals surface area contributed by atoms with Gasteiger partial charge in [0, 0.05) is 34.6 Å². The van der Waals surface area contributed by atoms with Crippen LogP contribution in [-0.2, 0) is 16.1 Å². The van der Waals surface area contributed by atoms with E-state index in [1.807, 2.05) is 71.6 Å². The van der Waals surface area contributed by atoms with Gasteiger partial charge in [-0.25, -0.2) is 4.98 Å². The van der Waals surface area contributed by atoms with Crippen LogP contribution >= 0.6 is 22.9 Å². The van der Waals surface area contributed by atoms with Crippen molar-refractivity contribution in [3.05, 3.63) is 70.7 Å². The van der Waals surface area contributed by atoms with E-state index in [-0.39, 0.29) is 24.4 Å². The predicted molar refractivity (Wildman–Crippen MR) is 125 cm³/mol. The Morgan fingerprint density at radius 3 is 2.68 bits per heavy atom. The Hall–Kier alpha value is -3.16. The molecule has 31 heavy (non-hydrogen) atoms. The van der Waals surface area contributed by atoms with Crippen molar-refractivity contribution in [1.82, 2.24) is 14.9 Å². The standard InChI is InChI=1S/C23H21ClN4O2S/c1-14(25-15(2)29)16-3-5-17(6-4-16)20-13-31-23(26-20)27-22(30)12-28-10-9-18-7-8-19(24)11-21(18)28/h3-11,13-14H,12H2,1-2H3,(H,25,29)(H,26,27,30). The van der Waals surface area contributed by atoms with Crippen LogP contribution in [0.15, 0.2) is 60.1 Å². The molecule has 2 aromatic heterocycles. The highest BCUT2D eigenvalue weighted by Gasteiger charge is 2.12. The number of halogens is 1. The van der Waals surface area contributed by atoms with Crippen molar-refractivity contribution in [2.24, 2.45) is 0 Å². The summed E-state index contributed by atoms with van der Waals surface area (Å²) < 4.78 is 1.86. The van der Waals surface area contributed by atoms with Gasteiger partial charge in [0.15, 0.2) is 5.13 Å². The van der Waals surface area contributed by atoms with Crippen LogP contribution in [0.4, 0.5) is 5.13 Å². The molecule has 4 aromatic rings. The number of anilines is 1. The Balaban J connectivity index is 1.42. The van der Waals surface area contributed by atoms with Gasteiger partial charge in [0.05, 0.1) is 11.7 Å². The number of amides is 2. The summed E-state index contributed by atoms with van der Waals surface area (Å²) in [5, 5.41) is 9.86. The summed E-state index contributed by atoms with van der Waals surface area (Å²) in [4.78, 5) is 28.3. The minimum absolute atomic E-state index is 0.0588. The van der Waals surface area contributed by atoms with Crippen LogP contribution in [0.1, 0.15) is 25.5 Å². The third-order valence-corrected chi connectivity index (χ3v) is 5.92. The zero-order chi connectivity index (χ0) is 22.0. The first kappa shape index (κ1) is 21.1. The summed E-state index contributed by atoms with van der Waals surface area (Å²) >= 11 is 7.46. The molecule has 0 saturated carbocycles. The van der Waals surface area contributed by atoms with Crippen LogP contribution in [0.5, 0.6) is 0 Å². The zero-order valence-corrected chi connectivity index (χ0v) is 18.6. The van der Waals surface area contributed by atoms with Gasteiger partial charge in [-0.05, 0) is 36.1 Å². The Kier molecular flexibility index (Phi) is 6.06. The highest BCUT2D eigenvalue weighted by molar-refractivity contribution is 7.14. The maximum atomic E-state index is 12.5. The monoisotopic (exact) mass is 452 g/mol. The van der Waals surface area contributed by atoms with Gasteiger partial charge in [0.1, 0.15) is 6.54 Å².